The Hall–Kier alpha value is -1.81. The summed E-state index contributed by atoms with van der Waals surface area (Å²) < 4.78 is 7.44. The number of benzene rings is 1. The Balaban J connectivity index is 1.77. The predicted molar refractivity (Wildman–Crippen MR) is 80.9 cm³/mol. The van der Waals surface area contributed by atoms with Crippen LogP contribution in [0.1, 0.15) is 24.7 Å². The number of hydrogen-bond donors (Lipinski definition) is 1. The van der Waals surface area contributed by atoms with Gasteiger partial charge in [0.25, 0.3) is 0 Å². The first-order valence-electron chi connectivity index (χ1n) is 7.17. The molecule has 1 aromatic heterocycles. The molecule has 1 N–H and O–H groups in total. The van der Waals surface area contributed by atoms with E-state index in [0.29, 0.717) is 0 Å². The Morgan fingerprint density at radius 1 is 1.35 bits per heavy atom. The number of aryl methyl sites for hydroxylation is 1. The minimum absolute atomic E-state index is 0.816. The monoisotopic (exact) mass is 273 g/mol. The number of imidazole rings is 1. The van der Waals surface area contributed by atoms with Crippen LogP contribution in [0.2, 0.25) is 0 Å². The smallest absolute Gasteiger partial charge is 0.122 e. The summed E-state index contributed by atoms with van der Waals surface area (Å²) in [5, 5.41) is 3.45. The summed E-state index contributed by atoms with van der Waals surface area (Å²) in [4.78, 5) is 4.39. The summed E-state index contributed by atoms with van der Waals surface area (Å²) in [6.07, 6.45) is 6.04. The van der Waals surface area contributed by atoms with Gasteiger partial charge >= 0.3 is 0 Å². The lowest BCUT2D eigenvalue weighted by Gasteiger charge is -2.08. The molecule has 0 spiro atoms. The van der Waals surface area contributed by atoms with Gasteiger partial charge in [-0.2, -0.15) is 0 Å². The van der Waals surface area contributed by atoms with Gasteiger partial charge in [-0.1, -0.05) is 19.1 Å². The molecule has 108 valence electrons. The summed E-state index contributed by atoms with van der Waals surface area (Å²) in [5.74, 6) is 2.03. The standard InChI is InChI=1S/C16H23N3O/c1-3-10-19-11-9-18-16(19)13-17-8-7-14-5-4-6-15(12-14)20-2/h4-6,9,11-12,17H,3,7-8,10,13H2,1-2H3. The molecule has 0 aliphatic rings. The van der Waals surface area contributed by atoms with E-state index in [2.05, 4.69) is 33.9 Å². The fraction of sp³-hybridized carbons (Fsp3) is 0.438. The van der Waals surface area contributed by atoms with Crippen molar-refractivity contribution in [2.75, 3.05) is 13.7 Å². The first kappa shape index (κ1) is 14.6. The average molecular weight is 273 g/mol. The highest BCUT2D eigenvalue weighted by atomic mass is 16.5. The highest BCUT2D eigenvalue weighted by Crippen LogP contribution is 2.12. The summed E-state index contributed by atoms with van der Waals surface area (Å²) >= 11 is 0. The minimum Gasteiger partial charge on any atom is -0.497 e. The van der Waals surface area contributed by atoms with Gasteiger partial charge in [0.1, 0.15) is 11.6 Å². The van der Waals surface area contributed by atoms with E-state index >= 15 is 0 Å². The lowest BCUT2D eigenvalue weighted by Crippen LogP contribution is -2.19. The topological polar surface area (TPSA) is 39.1 Å². The third-order valence-electron chi connectivity index (χ3n) is 3.27. The molecule has 4 heteroatoms. The van der Waals surface area contributed by atoms with E-state index in [4.69, 9.17) is 4.74 Å². The van der Waals surface area contributed by atoms with E-state index in [1.165, 1.54) is 5.56 Å². The quantitative estimate of drug-likeness (QED) is 0.752. The molecule has 1 aromatic carbocycles. The number of nitrogens with one attached hydrogen (secondary N) is 1. The molecule has 0 saturated carbocycles. The maximum atomic E-state index is 5.23. The van der Waals surface area contributed by atoms with Crippen LogP contribution in [0.5, 0.6) is 5.75 Å². The summed E-state index contributed by atoms with van der Waals surface area (Å²) in [6.45, 7) is 4.97. The van der Waals surface area contributed by atoms with E-state index in [1.54, 1.807) is 7.11 Å². The number of methoxy groups -OCH3 is 1. The summed E-state index contributed by atoms with van der Waals surface area (Å²) in [6, 6.07) is 8.21. The zero-order valence-electron chi connectivity index (χ0n) is 12.3. The van der Waals surface area contributed by atoms with Crippen LogP contribution in [-0.2, 0) is 19.5 Å². The second-order valence-electron chi connectivity index (χ2n) is 4.82. The largest absolute Gasteiger partial charge is 0.497 e. The van der Waals surface area contributed by atoms with Crippen LogP contribution >= 0.6 is 0 Å². The fourth-order valence-corrected chi connectivity index (χ4v) is 2.21. The molecule has 1 heterocycles. The molecule has 0 fully saturated rings. The molecule has 4 nitrogen and oxygen atoms in total. The molecule has 0 atom stereocenters. The van der Waals surface area contributed by atoms with Crippen molar-refractivity contribution in [3.8, 4) is 5.75 Å². The number of aromatic nitrogens is 2. The van der Waals surface area contributed by atoms with Crippen molar-refractivity contribution >= 4 is 0 Å². The van der Waals surface area contributed by atoms with Crippen LogP contribution in [-0.4, -0.2) is 23.2 Å². The SMILES string of the molecule is CCCn1ccnc1CNCCc1cccc(OC)c1. The van der Waals surface area contributed by atoms with E-state index in [-0.39, 0.29) is 0 Å². The third-order valence-corrected chi connectivity index (χ3v) is 3.27. The Bertz CT molecular complexity index is 522. The van der Waals surface area contributed by atoms with Crippen LogP contribution in [0.25, 0.3) is 0 Å². The highest BCUT2D eigenvalue weighted by molar-refractivity contribution is 5.28. The Morgan fingerprint density at radius 2 is 2.25 bits per heavy atom. The van der Waals surface area contributed by atoms with Gasteiger partial charge in [-0.05, 0) is 37.1 Å². The van der Waals surface area contributed by atoms with Gasteiger partial charge in [0.15, 0.2) is 0 Å². The van der Waals surface area contributed by atoms with E-state index in [9.17, 15) is 0 Å². The third kappa shape index (κ3) is 4.10. The zero-order chi connectivity index (χ0) is 14.2. The van der Waals surface area contributed by atoms with Crippen LogP contribution in [0.15, 0.2) is 36.7 Å². The normalized spacial score (nSPS) is 10.7. The molecule has 2 aromatic rings. The van der Waals surface area contributed by atoms with Crippen molar-refractivity contribution in [2.24, 2.45) is 0 Å². The van der Waals surface area contributed by atoms with Gasteiger partial charge < -0.3 is 14.6 Å². The van der Waals surface area contributed by atoms with E-state index < -0.39 is 0 Å². The Labute approximate surface area is 120 Å². The van der Waals surface area contributed by atoms with Crippen molar-refractivity contribution in [1.82, 2.24) is 14.9 Å². The number of rotatable bonds is 8. The first-order valence-corrected chi connectivity index (χ1v) is 7.17. The second-order valence-corrected chi connectivity index (χ2v) is 4.82. The Morgan fingerprint density at radius 3 is 3.05 bits per heavy atom. The molecule has 2 rings (SSSR count). The number of nitrogens with zero attached hydrogens (tertiary/aromatic N) is 2. The molecule has 0 radical (unpaired) electrons. The van der Waals surface area contributed by atoms with Gasteiger partial charge in [0.2, 0.25) is 0 Å². The van der Waals surface area contributed by atoms with Crippen molar-refractivity contribution in [3.05, 3.63) is 48.0 Å². The zero-order valence-corrected chi connectivity index (χ0v) is 12.3. The molecule has 0 amide bonds. The fourth-order valence-electron chi connectivity index (χ4n) is 2.21. The Kier molecular flexibility index (Phi) is 5.62. The van der Waals surface area contributed by atoms with Gasteiger partial charge in [-0.3, -0.25) is 0 Å². The molecule has 0 unspecified atom stereocenters. The molecule has 0 bridgehead atoms. The molecule has 20 heavy (non-hydrogen) atoms. The van der Waals surface area contributed by atoms with Gasteiger partial charge in [0.05, 0.1) is 13.7 Å². The van der Waals surface area contributed by atoms with Gasteiger partial charge in [-0.15, -0.1) is 0 Å². The predicted octanol–water partition coefficient (Wildman–Crippen LogP) is 2.63. The van der Waals surface area contributed by atoms with Crippen LogP contribution in [0.3, 0.4) is 0 Å². The van der Waals surface area contributed by atoms with E-state index in [0.717, 1.165) is 44.0 Å². The van der Waals surface area contributed by atoms with Crippen LogP contribution in [0, 0.1) is 0 Å². The minimum atomic E-state index is 0.816. The average Bonchev–Trinajstić information content (AvgIpc) is 2.92. The molecule has 0 aliphatic heterocycles. The number of hydrogen-bond acceptors (Lipinski definition) is 3. The molecule has 0 saturated heterocycles. The molecular formula is C16H23N3O. The molecule has 0 aliphatic carbocycles. The van der Waals surface area contributed by atoms with Crippen molar-refractivity contribution in [3.63, 3.8) is 0 Å². The van der Waals surface area contributed by atoms with Gasteiger partial charge in [0, 0.05) is 18.9 Å². The summed E-state index contributed by atoms with van der Waals surface area (Å²) in [5.41, 5.74) is 1.29. The lowest BCUT2D eigenvalue weighted by molar-refractivity contribution is 0.414. The maximum absolute atomic E-state index is 5.23. The first-order chi connectivity index (χ1) is 9.83. The van der Waals surface area contributed by atoms with E-state index in [1.807, 2.05) is 24.5 Å². The lowest BCUT2D eigenvalue weighted by atomic mass is 10.1. The molecular weight excluding hydrogens is 250 g/mol. The summed E-state index contributed by atoms with van der Waals surface area (Å²) in [7, 11) is 1.70. The highest BCUT2D eigenvalue weighted by Gasteiger charge is 2.01. The maximum Gasteiger partial charge on any atom is 0.122 e. The van der Waals surface area contributed by atoms with Crippen molar-refractivity contribution in [2.45, 2.75) is 32.9 Å². The van der Waals surface area contributed by atoms with Crippen molar-refractivity contribution in [1.29, 1.82) is 0 Å². The second kappa shape index (κ2) is 7.70. The van der Waals surface area contributed by atoms with Crippen molar-refractivity contribution < 1.29 is 4.74 Å². The number of ether oxygens (including phenoxy) is 1. The van der Waals surface area contributed by atoms with Gasteiger partial charge in [-0.25, -0.2) is 4.98 Å². The van der Waals surface area contributed by atoms with Crippen LogP contribution < -0.4 is 10.1 Å². The van der Waals surface area contributed by atoms with Crippen LogP contribution in [0.4, 0.5) is 0 Å².